The van der Waals surface area contributed by atoms with Crippen molar-refractivity contribution in [3.8, 4) is 0 Å². The van der Waals surface area contributed by atoms with Crippen LogP contribution in [-0.2, 0) is 9.53 Å². The number of hydrogen-bond donors (Lipinski definition) is 1. The Hall–Kier alpha value is -2.64. The van der Waals surface area contributed by atoms with Crippen molar-refractivity contribution >= 4 is 28.7 Å². The zero-order chi connectivity index (χ0) is 21.2. The highest BCUT2D eigenvalue weighted by atomic mass is 16.6. The molecule has 1 fully saturated rings. The molecule has 0 aromatic carbocycles. The fraction of sp³-hybridized carbons (Fsp3) is 0.619. The second kappa shape index (κ2) is 8.39. The summed E-state index contributed by atoms with van der Waals surface area (Å²) < 4.78 is 7.28. The Balaban J connectivity index is 1.50. The molecule has 2 aromatic rings. The van der Waals surface area contributed by atoms with Gasteiger partial charge in [0.25, 0.3) is 0 Å². The zero-order valence-electron chi connectivity index (χ0n) is 17.9. The minimum atomic E-state index is -0.491. The maximum absolute atomic E-state index is 12.5. The number of rotatable bonds is 4. The van der Waals surface area contributed by atoms with Crippen molar-refractivity contribution in [1.29, 1.82) is 0 Å². The molecule has 2 amide bonds. The van der Waals surface area contributed by atoms with Gasteiger partial charge in [-0.1, -0.05) is 0 Å². The van der Waals surface area contributed by atoms with Gasteiger partial charge in [-0.3, -0.25) is 4.79 Å². The van der Waals surface area contributed by atoms with Crippen LogP contribution in [0.4, 0.5) is 10.5 Å². The number of nitrogens with zero attached hydrogens (tertiary/aromatic N) is 4. The number of likely N-dealkylation sites (tertiary alicyclic amines) is 1. The van der Waals surface area contributed by atoms with Crippen LogP contribution in [0.15, 0.2) is 18.5 Å². The van der Waals surface area contributed by atoms with Gasteiger partial charge in [0.15, 0.2) is 5.65 Å². The summed E-state index contributed by atoms with van der Waals surface area (Å²) in [7, 11) is 0. The second-order valence-electron chi connectivity index (χ2n) is 8.98. The van der Waals surface area contributed by atoms with Crippen LogP contribution in [0.2, 0.25) is 0 Å². The van der Waals surface area contributed by atoms with E-state index < -0.39 is 5.60 Å². The van der Waals surface area contributed by atoms with Crippen molar-refractivity contribution in [2.24, 2.45) is 5.92 Å². The van der Waals surface area contributed by atoms with E-state index >= 15 is 0 Å². The lowest BCUT2D eigenvalue weighted by molar-refractivity contribution is -0.117. The standard InChI is InChI=1S/C21H31N5O3/c1-14(2)26-19-16(12-23-26)11-17(13-22-19)24-18(27)10-15-6-8-25(9-7-15)20(28)29-21(3,4)5/h11-15H,6-10H2,1-5H3,(H,24,27). The predicted molar refractivity (Wildman–Crippen MR) is 112 cm³/mol. The summed E-state index contributed by atoms with van der Waals surface area (Å²) in [6.45, 7) is 10.9. The van der Waals surface area contributed by atoms with E-state index in [1.165, 1.54) is 0 Å². The summed E-state index contributed by atoms with van der Waals surface area (Å²) in [5.74, 6) is 0.229. The predicted octanol–water partition coefficient (Wildman–Crippen LogP) is 3.99. The summed E-state index contributed by atoms with van der Waals surface area (Å²) in [6.07, 6.45) is 5.19. The molecule has 0 unspecified atom stereocenters. The maximum Gasteiger partial charge on any atom is 0.410 e. The van der Waals surface area contributed by atoms with Crippen molar-refractivity contribution < 1.29 is 14.3 Å². The molecule has 1 aliphatic rings. The molecule has 0 bridgehead atoms. The summed E-state index contributed by atoms with van der Waals surface area (Å²) in [5, 5.41) is 8.20. The Morgan fingerprint density at radius 1 is 1.24 bits per heavy atom. The van der Waals surface area contributed by atoms with E-state index in [4.69, 9.17) is 4.74 Å². The first-order valence-corrected chi connectivity index (χ1v) is 10.2. The average Bonchev–Trinajstić information content (AvgIpc) is 3.04. The number of carbonyl (C=O) groups is 2. The van der Waals surface area contributed by atoms with Crippen molar-refractivity contribution in [3.63, 3.8) is 0 Å². The first-order valence-electron chi connectivity index (χ1n) is 10.2. The van der Waals surface area contributed by atoms with Crippen LogP contribution in [0, 0.1) is 5.92 Å². The lowest BCUT2D eigenvalue weighted by Gasteiger charge is -2.33. The van der Waals surface area contributed by atoms with Gasteiger partial charge in [0.05, 0.1) is 18.1 Å². The molecule has 0 aliphatic carbocycles. The number of carbonyl (C=O) groups excluding carboxylic acids is 2. The quantitative estimate of drug-likeness (QED) is 0.837. The maximum atomic E-state index is 12.5. The van der Waals surface area contributed by atoms with Gasteiger partial charge < -0.3 is 15.0 Å². The number of nitrogens with one attached hydrogen (secondary N) is 1. The molecular formula is C21H31N5O3. The number of piperidine rings is 1. The van der Waals surface area contributed by atoms with Crippen molar-refractivity contribution in [3.05, 3.63) is 18.5 Å². The summed E-state index contributed by atoms with van der Waals surface area (Å²) in [5.41, 5.74) is 0.999. The molecule has 1 saturated heterocycles. The fourth-order valence-electron chi connectivity index (χ4n) is 3.51. The minimum Gasteiger partial charge on any atom is -0.444 e. The van der Waals surface area contributed by atoms with Crippen LogP contribution in [0.1, 0.15) is 59.9 Å². The second-order valence-corrected chi connectivity index (χ2v) is 8.98. The van der Waals surface area contributed by atoms with Crippen LogP contribution in [-0.4, -0.2) is 50.4 Å². The van der Waals surface area contributed by atoms with Crippen LogP contribution >= 0.6 is 0 Å². The molecule has 3 rings (SSSR count). The smallest absolute Gasteiger partial charge is 0.410 e. The van der Waals surface area contributed by atoms with Crippen LogP contribution < -0.4 is 5.32 Å². The number of amides is 2. The average molecular weight is 402 g/mol. The first-order chi connectivity index (χ1) is 13.6. The van der Waals surface area contributed by atoms with Crippen LogP contribution in [0.25, 0.3) is 11.0 Å². The third kappa shape index (κ3) is 5.46. The summed E-state index contributed by atoms with van der Waals surface area (Å²) in [6, 6.07) is 2.13. The molecule has 0 radical (unpaired) electrons. The van der Waals surface area contributed by atoms with Crippen LogP contribution in [0.5, 0.6) is 0 Å². The normalized spacial score (nSPS) is 15.7. The monoisotopic (exact) mass is 401 g/mol. The molecule has 0 atom stereocenters. The number of anilines is 1. The van der Waals surface area contributed by atoms with E-state index in [1.807, 2.05) is 31.5 Å². The van der Waals surface area contributed by atoms with E-state index in [0.717, 1.165) is 23.9 Å². The summed E-state index contributed by atoms with van der Waals surface area (Å²) in [4.78, 5) is 30.8. The number of pyridine rings is 1. The molecule has 2 aromatic heterocycles. The molecule has 158 valence electrons. The van der Waals surface area contributed by atoms with E-state index in [1.54, 1.807) is 17.3 Å². The van der Waals surface area contributed by atoms with Gasteiger partial charge in [-0.2, -0.15) is 5.10 Å². The first kappa shape index (κ1) is 21.1. The highest BCUT2D eigenvalue weighted by Gasteiger charge is 2.27. The lowest BCUT2D eigenvalue weighted by Crippen LogP contribution is -2.42. The SMILES string of the molecule is CC(C)n1ncc2cc(NC(=O)CC3CCN(C(=O)OC(C)(C)C)CC3)cnc21. The third-order valence-corrected chi connectivity index (χ3v) is 4.95. The Morgan fingerprint density at radius 3 is 2.55 bits per heavy atom. The lowest BCUT2D eigenvalue weighted by atomic mass is 9.93. The number of hydrogen-bond acceptors (Lipinski definition) is 5. The minimum absolute atomic E-state index is 0.0295. The van der Waals surface area contributed by atoms with Gasteiger partial charge in [-0.05, 0) is 59.4 Å². The molecule has 0 spiro atoms. The Labute approximate surface area is 171 Å². The molecule has 1 aliphatic heterocycles. The molecule has 8 heteroatoms. The Bertz CT molecular complexity index is 876. The van der Waals surface area contributed by atoms with Gasteiger partial charge in [-0.25, -0.2) is 14.5 Å². The van der Waals surface area contributed by atoms with Crippen molar-refractivity contribution in [2.45, 2.75) is 65.5 Å². The van der Waals surface area contributed by atoms with E-state index in [-0.39, 0.29) is 24.0 Å². The number of aromatic nitrogens is 3. The van der Waals surface area contributed by atoms with Gasteiger partial charge in [0.2, 0.25) is 5.91 Å². The zero-order valence-corrected chi connectivity index (χ0v) is 17.9. The summed E-state index contributed by atoms with van der Waals surface area (Å²) >= 11 is 0. The van der Waals surface area contributed by atoms with E-state index in [0.29, 0.717) is 25.2 Å². The highest BCUT2D eigenvalue weighted by molar-refractivity contribution is 5.92. The van der Waals surface area contributed by atoms with Crippen molar-refractivity contribution in [2.75, 3.05) is 18.4 Å². The topological polar surface area (TPSA) is 89.4 Å². The number of ether oxygens (including phenoxy) is 1. The highest BCUT2D eigenvalue weighted by Crippen LogP contribution is 2.24. The van der Waals surface area contributed by atoms with E-state index in [9.17, 15) is 9.59 Å². The van der Waals surface area contributed by atoms with Crippen molar-refractivity contribution in [1.82, 2.24) is 19.7 Å². The van der Waals surface area contributed by atoms with Gasteiger partial charge in [-0.15, -0.1) is 0 Å². The van der Waals surface area contributed by atoms with E-state index in [2.05, 4.69) is 29.2 Å². The molecule has 1 N–H and O–H groups in total. The van der Waals surface area contributed by atoms with Gasteiger partial charge in [0, 0.05) is 30.9 Å². The van der Waals surface area contributed by atoms with Crippen LogP contribution in [0.3, 0.4) is 0 Å². The van der Waals surface area contributed by atoms with Gasteiger partial charge >= 0.3 is 6.09 Å². The Morgan fingerprint density at radius 2 is 1.93 bits per heavy atom. The third-order valence-electron chi connectivity index (χ3n) is 4.95. The molecule has 29 heavy (non-hydrogen) atoms. The fourth-order valence-corrected chi connectivity index (χ4v) is 3.51. The molecule has 0 saturated carbocycles. The number of fused-ring (bicyclic) bond motifs is 1. The molecule has 3 heterocycles. The molecular weight excluding hydrogens is 370 g/mol. The van der Waals surface area contributed by atoms with Gasteiger partial charge in [0.1, 0.15) is 5.60 Å². The largest absolute Gasteiger partial charge is 0.444 e. The molecule has 8 nitrogen and oxygen atoms in total. The Kier molecular flexibility index (Phi) is 6.10.